The van der Waals surface area contributed by atoms with Gasteiger partial charge in [0.05, 0.1) is 25.0 Å². The first-order valence-electron chi connectivity index (χ1n) is 13.4. The van der Waals surface area contributed by atoms with Crippen molar-refractivity contribution in [1.29, 1.82) is 0 Å². The molecule has 1 amide bonds. The van der Waals surface area contributed by atoms with E-state index in [4.69, 9.17) is 4.74 Å². The van der Waals surface area contributed by atoms with Gasteiger partial charge in [0.2, 0.25) is 5.91 Å². The topological polar surface area (TPSA) is 36.0 Å². The minimum absolute atomic E-state index is 0.119. The van der Waals surface area contributed by atoms with Crippen LogP contribution in [0.3, 0.4) is 0 Å². The van der Waals surface area contributed by atoms with Gasteiger partial charge in [-0.3, -0.25) is 14.6 Å². The van der Waals surface area contributed by atoms with E-state index in [1.165, 1.54) is 38.6 Å². The first-order chi connectivity index (χ1) is 17.1. The van der Waals surface area contributed by atoms with Crippen molar-refractivity contribution < 1.29 is 9.53 Å². The van der Waals surface area contributed by atoms with Gasteiger partial charge in [0, 0.05) is 11.1 Å². The molecule has 2 aromatic carbocycles. The Hall–Kier alpha value is -2.63. The number of amides is 1. The number of likely N-dealkylation sites (tertiary alicyclic amines) is 1. The number of benzene rings is 2. The van der Waals surface area contributed by atoms with Gasteiger partial charge in [0.15, 0.2) is 0 Å². The summed E-state index contributed by atoms with van der Waals surface area (Å²) in [5.74, 6) is 1.70. The van der Waals surface area contributed by atoms with Gasteiger partial charge >= 0.3 is 0 Å². The van der Waals surface area contributed by atoms with Gasteiger partial charge in [-0.1, -0.05) is 57.0 Å². The number of rotatable bonds is 10. The van der Waals surface area contributed by atoms with Gasteiger partial charge in [-0.05, 0) is 82.2 Å². The van der Waals surface area contributed by atoms with Gasteiger partial charge in [-0.15, -0.1) is 0 Å². The first-order valence-corrected chi connectivity index (χ1v) is 13.4. The van der Waals surface area contributed by atoms with Crippen LogP contribution in [0.25, 0.3) is 11.8 Å². The number of fused-ring (bicyclic) bond motifs is 2. The van der Waals surface area contributed by atoms with Crippen LogP contribution in [0.5, 0.6) is 0 Å². The summed E-state index contributed by atoms with van der Waals surface area (Å²) in [4.78, 5) is 20.5. The van der Waals surface area contributed by atoms with Gasteiger partial charge in [-0.2, -0.15) is 0 Å². The molecule has 188 valence electrons. The summed E-state index contributed by atoms with van der Waals surface area (Å²) in [5, 5.41) is 0. The quantitative estimate of drug-likeness (QED) is 0.393. The van der Waals surface area contributed by atoms with E-state index in [1.807, 2.05) is 59.5 Å². The number of methoxy groups -OCH3 is 1. The van der Waals surface area contributed by atoms with Crippen molar-refractivity contribution >= 4 is 29.1 Å². The minimum Gasteiger partial charge on any atom is -0.496 e. The Morgan fingerprint density at radius 2 is 1.66 bits per heavy atom. The number of carbonyl (C=O) groups excluding carboxylic acids is 1. The Bertz CT molecular complexity index is 1010. The maximum Gasteiger partial charge on any atom is 0.245 e. The fourth-order valence-electron chi connectivity index (χ4n) is 5.48. The van der Waals surface area contributed by atoms with E-state index in [-0.39, 0.29) is 5.91 Å². The lowest BCUT2D eigenvalue weighted by Crippen LogP contribution is -2.42. The molecule has 4 rings (SSSR count). The number of unbranched alkanes of at least 4 members (excludes halogenated alkanes) is 1. The van der Waals surface area contributed by atoms with Crippen LogP contribution >= 0.6 is 0 Å². The zero-order valence-electron chi connectivity index (χ0n) is 21.7. The van der Waals surface area contributed by atoms with Gasteiger partial charge in [0.25, 0.3) is 0 Å². The fraction of sp³-hybridized carbons (Fsp3) is 0.500. The van der Waals surface area contributed by atoms with E-state index < -0.39 is 0 Å². The van der Waals surface area contributed by atoms with Gasteiger partial charge in [0.1, 0.15) is 5.76 Å². The number of para-hydroxylation sites is 2. The highest BCUT2D eigenvalue weighted by molar-refractivity contribution is 6.08. The van der Waals surface area contributed by atoms with Crippen molar-refractivity contribution in [3.05, 3.63) is 59.7 Å². The molecule has 2 heterocycles. The number of anilines is 2. The Morgan fingerprint density at radius 1 is 0.971 bits per heavy atom. The summed E-state index contributed by atoms with van der Waals surface area (Å²) in [6.07, 6.45) is 8.36. The Morgan fingerprint density at radius 3 is 2.37 bits per heavy atom. The number of carbonyl (C=O) groups is 1. The molecule has 2 aliphatic heterocycles. The number of piperidine rings is 1. The van der Waals surface area contributed by atoms with Crippen LogP contribution < -0.4 is 4.90 Å². The van der Waals surface area contributed by atoms with Crippen molar-refractivity contribution in [2.45, 2.75) is 46.0 Å². The van der Waals surface area contributed by atoms with Crippen LogP contribution in [-0.2, 0) is 9.53 Å². The molecule has 1 saturated heterocycles. The number of hydrogen-bond acceptors (Lipinski definition) is 4. The van der Waals surface area contributed by atoms with Crippen LogP contribution in [0.1, 0.15) is 57.1 Å². The molecule has 0 spiro atoms. The fourth-order valence-corrected chi connectivity index (χ4v) is 5.48. The van der Waals surface area contributed by atoms with Crippen molar-refractivity contribution in [3.63, 3.8) is 0 Å². The third-order valence-corrected chi connectivity index (χ3v) is 7.64. The monoisotopic (exact) mass is 475 g/mol. The third-order valence-electron chi connectivity index (χ3n) is 7.64. The highest BCUT2D eigenvalue weighted by Crippen LogP contribution is 2.40. The number of hydrogen-bond donors (Lipinski definition) is 0. The largest absolute Gasteiger partial charge is 0.496 e. The lowest BCUT2D eigenvalue weighted by Gasteiger charge is -2.33. The molecule has 0 atom stereocenters. The summed E-state index contributed by atoms with van der Waals surface area (Å²) in [6, 6.07) is 16.1. The van der Waals surface area contributed by atoms with Gasteiger partial charge in [-0.25, -0.2) is 0 Å². The van der Waals surface area contributed by atoms with Crippen LogP contribution in [0, 0.1) is 5.92 Å². The average Bonchev–Trinajstić information content (AvgIpc) is 3.04. The molecule has 0 aliphatic carbocycles. The molecular formula is C30H41N3O2. The minimum atomic E-state index is 0.119. The van der Waals surface area contributed by atoms with E-state index in [0.717, 1.165) is 60.4 Å². The van der Waals surface area contributed by atoms with E-state index in [0.29, 0.717) is 6.54 Å². The smallest absolute Gasteiger partial charge is 0.245 e. The van der Waals surface area contributed by atoms with Crippen LogP contribution in [0.4, 0.5) is 11.4 Å². The molecule has 2 aliphatic rings. The van der Waals surface area contributed by atoms with Crippen LogP contribution in [0.2, 0.25) is 0 Å². The SMILES string of the molecule is CCN(CC)CCCCC1CCN(CC(=O)N2c3ccccc3C=C(OC)c3ccccc32)CC1. The molecule has 0 saturated carbocycles. The highest BCUT2D eigenvalue weighted by atomic mass is 16.5. The van der Waals surface area contributed by atoms with Crippen molar-refractivity contribution in [2.24, 2.45) is 5.92 Å². The summed E-state index contributed by atoms with van der Waals surface area (Å²) in [5.41, 5.74) is 3.75. The lowest BCUT2D eigenvalue weighted by molar-refractivity contribution is -0.119. The normalized spacial score (nSPS) is 16.5. The number of ether oxygens (including phenoxy) is 1. The Labute approximate surface area is 211 Å². The molecule has 35 heavy (non-hydrogen) atoms. The zero-order chi connectivity index (χ0) is 24.6. The molecule has 0 radical (unpaired) electrons. The first kappa shape index (κ1) is 25.5. The van der Waals surface area contributed by atoms with Crippen molar-refractivity contribution in [2.75, 3.05) is 51.3 Å². The van der Waals surface area contributed by atoms with Crippen LogP contribution in [-0.4, -0.2) is 62.1 Å². The Balaban J connectivity index is 1.38. The molecule has 2 aromatic rings. The van der Waals surface area contributed by atoms with E-state index in [1.54, 1.807) is 7.11 Å². The molecule has 0 aromatic heterocycles. The molecule has 1 fully saturated rings. The maximum absolute atomic E-state index is 13.8. The van der Waals surface area contributed by atoms with E-state index in [9.17, 15) is 4.79 Å². The number of nitrogens with zero attached hydrogens (tertiary/aromatic N) is 3. The standard InChI is InChI=1S/C30H41N3O2/c1-4-31(5-2)19-11-10-12-24-17-20-32(21-18-24)23-30(34)33-27-15-8-6-13-25(27)22-29(35-3)26-14-7-9-16-28(26)33/h6-9,13-16,22,24H,4-5,10-12,17-21,23H2,1-3H3. The molecule has 0 N–H and O–H groups in total. The van der Waals surface area contributed by atoms with Crippen molar-refractivity contribution in [3.8, 4) is 0 Å². The molecule has 0 bridgehead atoms. The highest BCUT2D eigenvalue weighted by Gasteiger charge is 2.29. The predicted octanol–water partition coefficient (Wildman–Crippen LogP) is 6.03. The summed E-state index contributed by atoms with van der Waals surface area (Å²) < 4.78 is 5.72. The second kappa shape index (κ2) is 12.4. The molecule has 0 unspecified atom stereocenters. The van der Waals surface area contributed by atoms with E-state index >= 15 is 0 Å². The summed E-state index contributed by atoms with van der Waals surface area (Å²) >= 11 is 0. The maximum atomic E-state index is 13.8. The second-order valence-corrected chi connectivity index (χ2v) is 9.76. The summed E-state index contributed by atoms with van der Waals surface area (Å²) in [7, 11) is 1.69. The predicted molar refractivity (Wildman–Crippen MR) is 146 cm³/mol. The average molecular weight is 476 g/mol. The molecule has 5 nitrogen and oxygen atoms in total. The van der Waals surface area contributed by atoms with Crippen molar-refractivity contribution in [1.82, 2.24) is 9.80 Å². The lowest BCUT2D eigenvalue weighted by atomic mass is 9.91. The van der Waals surface area contributed by atoms with Gasteiger partial charge < -0.3 is 9.64 Å². The molecular weight excluding hydrogens is 434 g/mol. The Kier molecular flexibility index (Phi) is 9.00. The van der Waals surface area contributed by atoms with Crippen LogP contribution in [0.15, 0.2) is 48.5 Å². The second-order valence-electron chi connectivity index (χ2n) is 9.76. The molecule has 5 heteroatoms. The van der Waals surface area contributed by atoms with E-state index in [2.05, 4.69) is 23.6 Å². The zero-order valence-corrected chi connectivity index (χ0v) is 21.7. The summed E-state index contributed by atoms with van der Waals surface area (Å²) in [6.45, 7) is 10.5. The third kappa shape index (κ3) is 6.14.